The number of ether oxygens (including phenoxy) is 1. The zero-order valence-electron chi connectivity index (χ0n) is 19.8. The summed E-state index contributed by atoms with van der Waals surface area (Å²) in [6.45, 7) is 13.5. The van der Waals surface area contributed by atoms with Crippen molar-refractivity contribution in [1.29, 1.82) is 0 Å². The highest BCUT2D eigenvalue weighted by atomic mass is 16.5. The van der Waals surface area contributed by atoms with E-state index in [2.05, 4.69) is 91.9 Å². The minimum absolute atomic E-state index is 0.00622. The molecule has 4 nitrogen and oxygen atoms in total. The van der Waals surface area contributed by atoms with Gasteiger partial charge in [0.25, 0.3) is 0 Å². The van der Waals surface area contributed by atoms with Gasteiger partial charge in [0.2, 0.25) is 0 Å². The third-order valence-electron chi connectivity index (χ3n) is 6.08. The second kappa shape index (κ2) is 10.4. The number of rotatable bonds is 9. The number of aromatic nitrogens is 1. The number of nitrogens with zero attached hydrogens (tertiary/aromatic N) is 1. The van der Waals surface area contributed by atoms with Gasteiger partial charge in [-0.2, -0.15) is 0 Å². The molecule has 0 aliphatic rings. The molecule has 4 aromatic rings. The van der Waals surface area contributed by atoms with Crippen LogP contribution < -0.4 is 11.1 Å². The van der Waals surface area contributed by atoms with Crippen LogP contribution in [0.3, 0.4) is 0 Å². The molecule has 0 amide bonds. The molecule has 0 bridgehead atoms. The van der Waals surface area contributed by atoms with Gasteiger partial charge >= 0.3 is 0 Å². The molecule has 0 radical (unpaired) electrons. The molecule has 1 atom stereocenters. The molecular weight excluding hydrogens is 418 g/mol. The SMILES string of the molecule is C=C(OCc1ccc(C(CN)C(=C)Nc2ccc3cnccc3c2)cc1)c1ccc(C)cc1C. The van der Waals surface area contributed by atoms with Crippen molar-refractivity contribution in [3.8, 4) is 0 Å². The lowest BCUT2D eigenvalue weighted by Gasteiger charge is -2.21. The molecule has 1 aromatic heterocycles. The first-order chi connectivity index (χ1) is 16.4. The standard InChI is InChI=1S/C30H31N3O/c1-20-5-12-29(21(2)15-20)23(4)34-19-24-6-8-25(9-7-24)30(17-31)22(3)33-28-11-10-27-18-32-14-13-26(27)16-28/h5-16,18,30,33H,3-4,17,19,31H2,1-2H3. The van der Waals surface area contributed by atoms with Gasteiger partial charge in [0.05, 0.1) is 0 Å². The topological polar surface area (TPSA) is 60.2 Å². The largest absolute Gasteiger partial charge is 0.489 e. The summed E-state index contributed by atoms with van der Waals surface area (Å²) in [4.78, 5) is 4.17. The first kappa shape index (κ1) is 23.3. The molecule has 0 fully saturated rings. The highest BCUT2D eigenvalue weighted by Crippen LogP contribution is 2.27. The van der Waals surface area contributed by atoms with Crippen molar-refractivity contribution in [2.24, 2.45) is 5.73 Å². The van der Waals surface area contributed by atoms with Crippen LogP contribution in [0.5, 0.6) is 0 Å². The van der Waals surface area contributed by atoms with E-state index in [0.29, 0.717) is 18.9 Å². The Hall–Kier alpha value is -3.89. The third-order valence-corrected chi connectivity index (χ3v) is 6.08. The van der Waals surface area contributed by atoms with E-state index in [1.54, 1.807) is 6.20 Å². The molecule has 4 heteroatoms. The van der Waals surface area contributed by atoms with Crippen LogP contribution in [0.15, 0.2) is 98.0 Å². The number of pyridine rings is 1. The highest BCUT2D eigenvalue weighted by molar-refractivity contribution is 5.85. The van der Waals surface area contributed by atoms with E-state index in [1.807, 2.05) is 18.3 Å². The summed E-state index contributed by atoms with van der Waals surface area (Å²) in [6, 6.07) is 22.8. The molecular formula is C30H31N3O. The van der Waals surface area contributed by atoms with E-state index in [1.165, 1.54) is 11.1 Å². The Labute approximate surface area is 201 Å². The van der Waals surface area contributed by atoms with Crippen LogP contribution in [0.2, 0.25) is 0 Å². The van der Waals surface area contributed by atoms with Crippen LogP contribution in [0.4, 0.5) is 5.69 Å². The third kappa shape index (κ3) is 5.36. The van der Waals surface area contributed by atoms with Crippen molar-refractivity contribution in [3.05, 3.63) is 126 Å². The lowest BCUT2D eigenvalue weighted by Crippen LogP contribution is -2.18. The number of hydrogen-bond donors (Lipinski definition) is 2. The minimum Gasteiger partial charge on any atom is -0.489 e. The molecule has 1 unspecified atom stereocenters. The van der Waals surface area contributed by atoms with E-state index >= 15 is 0 Å². The number of hydrogen-bond acceptors (Lipinski definition) is 4. The summed E-state index contributed by atoms with van der Waals surface area (Å²) in [7, 11) is 0. The number of nitrogens with one attached hydrogen (secondary N) is 1. The maximum Gasteiger partial charge on any atom is 0.120 e. The maximum atomic E-state index is 6.13. The quantitative estimate of drug-likeness (QED) is 0.279. The fourth-order valence-electron chi connectivity index (χ4n) is 4.13. The van der Waals surface area contributed by atoms with E-state index in [0.717, 1.165) is 38.8 Å². The van der Waals surface area contributed by atoms with Crippen LogP contribution in [-0.4, -0.2) is 11.5 Å². The van der Waals surface area contributed by atoms with Crippen molar-refractivity contribution in [1.82, 2.24) is 4.98 Å². The van der Waals surface area contributed by atoms with Crippen LogP contribution in [0.25, 0.3) is 16.5 Å². The molecule has 3 aromatic carbocycles. The predicted molar refractivity (Wildman–Crippen MR) is 142 cm³/mol. The Balaban J connectivity index is 1.39. The Morgan fingerprint density at radius 3 is 2.50 bits per heavy atom. The van der Waals surface area contributed by atoms with Gasteiger partial charge in [0.15, 0.2) is 0 Å². The molecule has 34 heavy (non-hydrogen) atoms. The lowest BCUT2D eigenvalue weighted by molar-refractivity contribution is 0.265. The summed E-state index contributed by atoms with van der Waals surface area (Å²) in [6.07, 6.45) is 3.66. The van der Waals surface area contributed by atoms with Gasteiger partial charge in [-0.15, -0.1) is 0 Å². The van der Waals surface area contributed by atoms with Gasteiger partial charge in [-0.3, -0.25) is 4.98 Å². The number of benzene rings is 3. The molecule has 0 saturated carbocycles. The zero-order valence-corrected chi connectivity index (χ0v) is 19.8. The van der Waals surface area contributed by atoms with E-state index in [9.17, 15) is 0 Å². The van der Waals surface area contributed by atoms with Crippen LogP contribution in [-0.2, 0) is 11.3 Å². The monoisotopic (exact) mass is 449 g/mol. The summed E-state index contributed by atoms with van der Waals surface area (Å²) < 4.78 is 5.97. The zero-order chi connectivity index (χ0) is 24.1. The van der Waals surface area contributed by atoms with E-state index < -0.39 is 0 Å². The average molecular weight is 450 g/mol. The summed E-state index contributed by atoms with van der Waals surface area (Å²) in [5, 5.41) is 5.67. The van der Waals surface area contributed by atoms with Gasteiger partial charge in [-0.05, 0) is 54.1 Å². The van der Waals surface area contributed by atoms with Crippen molar-refractivity contribution in [3.63, 3.8) is 0 Å². The Morgan fingerprint density at radius 1 is 0.971 bits per heavy atom. The predicted octanol–water partition coefficient (Wildman–Crippen LogP) is 6.71. The van der Waals surface area contributed by atoms with Gasteiger partial charge in [0.1, 0.15) is 12.4 Å². The number of anilines is 1. The second-order valence-electron chi connectivity index (χ2n) is 8.65. The molecule has 3 N–H and O–H groups in total. The second-order valence-corrected chi connectivity index (χ2v) is 8.65. The normalized spacial score (nSPS) is 11.7. The van der Waals surface area contributed by atoms with Crippen molar-refractivity contribution in [2.75, 3.05) is 11.9 Å². The number of nitrogens with two attached hydrogens (primary N) is 1. The molecule has 0 aliphatic carbocycles. The molecule has 0 aliphatic heterocycles. The van der Waals surface area contributed by atoms with Gasteiger partial charge < -0.3 is 15.8 Å². The van der Waals surface area contributed by atoms with Crippen LogP contribution in [0.1, 0.15) is 33.7 Å². The Morgan fingerprint density at radius 2 is 1.76 bits per heavy atom. The molecule has 4 rings (SSSR count). The van der Waals surface area contributed by atoms with Crippen molar-refractivity contribution >= 4 is 22.2 Å². The maximum absolute atomic E-state index is 6.13. The van der Waals surface area contributed by atoms with Gasteiger partial charge in [-0.25, -0.2) is 0 Å². The average Bonchev–Trinajstić information content (AvgIpc) is 2.83. The molecule has 0 spiro atoms. The first-order valence-corrected chi connectivity index (χ1v) is 11.4. The summed E-state index contributed by atoms with van der Waals surface area (Å²) >= 11 is 0. The lowest BCUT2D eigenvalue weighted by atomic mass is 9.95. The summed E-state index contributed by atoms with van der Waals surface area (Å²) in [5.41, 5.74) is 13.6. The van der Waals surface area contributed by atoms with Crippen molar-refractivity contribution < 1.29 is 4.74 Å². The van der Waals surface area contributed by atoms with Crippen LogP contribution in [0, 0.1) is 13.8 Å². The highest BCUT2D eigenvalue weighted by Gasteiger charge is 2.14. The first-order valence-electron chi connectivity index (χ1n) is 11.4. The van der Waals surface area contributed by atoms with Gasteiger partial charge in [-0.1, -0.05) is 67.3 Å². The van der Waals surface area contributed by atoms with Crippen molar-refractivity contribution in [2.45, 2.75) is 26.4 Å². The number of aryl methyl sites for hydroxylation is 2. The smallest absolute Gasteiger partial charge is 0.120 e. The Bertz CT molecular complexity index is 1320. The molecule has 1 heterocycles. The summed E-state index contributed by atoms with van der Waals surface area (Å²) in [5.74, 6) is 0.679. The van der Waals surface area contributed by atoms with E-state index in [-0.39, 0.29) is 5.92 Å². The van der Waals surface area contributed by atoms with Crippen LogP contribution >= 0.6 is 0 Å². The fraction of sp³-hybridized carbons (Fsp3) is 0.167. The molecule has 172 valence electrons. The number of fused-ring (bicyclic) bond motifs is 1. The van der Waals surface area contributed by atoms with E-state index in [4.69, 9.17) is 10.5 Å². The minimum atomic E-state index is -0.00622. The molecule has 0 saturated heterocycles. The Kier molecular flexibility index (Phi) is 7.09. The van der Waals surface area contributed by atoms with Gasteiger partial charge in [0, 0.05) is 47.2 Å². The fourth-order valence-corrected chi connectivity index (χ4v) is 4.13.